The van der Waals surface area contributed by atoms with Crippen molar-refractivity contribution in [1.29, 1.82) is 0 Å². The van der Waals surface area contributed by atoms with Crippen molar-refractivity contribution in [3.63, 3.8) is 0 Å². The van der Waals surface area contributed by atoms with Crippen LogP contribution >= 0.6 is 0 Å². The van der Waals surface area contributed by atoms with Gasteiger partial charge < -0.3 is 19.1 Å². The van der Waals surface area contributed by atoms with Gasteiger partial charge in [0.25, 0.3) is 5.91 Å². The van der Waals surface area contributed by atoms with E-state index in [1.165, 1.54) is 11.8 Å². The van der Waals surface area contributed by atoms with Crippen LogP contribution < -0.4 is 15.2 Å². The summed E-state index contributed by atoms with van der Waals surface area (Å²) < 4.78 is 18.6. The summed E-state index contributed by atoms with van der Waals surface area (Å²) in [5, 5.41) is 4.38. The normalized spacial score (nSPS) is 13.8. The minimum absolute atomic E-state index is 0.139. The first-order valence-electron chi connectivity index (χ1n) is 8.75. The van der Waals surface area contributed by atoms with E-state index in [4.69, 9.17) is 14.2 Å². The largest absolute Gasteiger partial charge is 0.497 e. The Kier molecular flexibility index (Phi) is 5.80. The average molecular weight is 376 g/mol. The van der Waals surface area contributed by atoms with Crippen molar-refractivity contribution in [3.8, 4) is 11.5 Å². The molecule has 0 unspecified atom stereocenters. The summed E-state index contributed by atoms with van der Waals surface area (Å²) in [4.78, 5) is 27.2. The average Bonchev–Trinajstić information content (AvgIpc) is 2.86. The van der Waals surface area contributed by atoms with Gasteiger partial charge in [0, 0.05) is 39.2 Å². The van der Waals surface area contributed by atoms with Gasteiger partial charge in [-0.3, -0.25) is 9.36 Å². The van der Waals surface area contributed by atoms with Gasteiger partial charge in [-0.15, -0.1) is 0 Å². The summed E-state index contributed by atoms with van der Waals surface area (Å²) in [5.74, 6) is 1.63. The van der Waals surface area contributed by atoms with Gasteiger partial charge in [-0.2, -0.15) is 5.10 Å². The maximum absolute atomic E-state index is 13.0. The van der Waals surface area contributed by atoms with Gasteiger partial charge >= 0.3 is 5.69 Å². The molecule has 0 aliphatic carbocycles. The van der Waals surface area contributed by atoms with Crippen LogP contribution in [0.5, 0.6) is 11.5 Å². The zero-order valence-corrected chi connectivity index (χ0v) is 15.8. The fraction of sp³-hybridized carbons (Fsp3) is 0.500. The van der Waals surface area contributed by atoms with Gasteiger partial charge in [-0.05, 0) is 12.1 Å². The highest BCUT2D eigenvalue weighted by Crippen LogP contribution is 2.26. The van der Waals surface area contributed by atoms with Crippen molar-refractivity contribution in [2.75, 3.05) is 41.0 Å². The van der Waals surface area contributed by atoms with Crippen LogP contribution in [0.2, 0.25) is 0 Å². The number of aromatic nitrogens is 3. The molecule has 0 atom stereocenters. The third kappa shape index (κ3) is 3.82. The molecule has 0 spiro atoms. The highest BCUT2D eigenvalue weighted by molar-refractivity contribution is 5.97. The Bertz CT molecular complexity index is 873. The van der Waals surface area contributed by atoms with Gasteiger partial charge in [0.15, 0.2) is 0 Å². The number of rotatable bonds is 6. The molecule has 0 N–H and O–H groups in total. The van der Waals surface area contributed by atoms with E-state index >= 15 is 0 Å². The number of hydrogen-bond acceptors (Lipinski definition) is 6. The predicted octanol–water partition coefficient (Wildman–Crippen LogP) is 0.407. The maximum Gasteiger partial charge on any atom is 0.346 e. The summed E-state index contributed by atoms with van der Waals surface area (Å²) >= 11 is 0. The molecule has 0 radical (unpaired) electrons. The van der Waals surface area contributed by atoms with Crippen molar-refractivity contribution in [2.45, 2.75) is 19.5 Å². The number of ether oxygens (including phenoxy) is 3. The first-order chi connectivity index (χ1) is 13.1. The molecule has 0 saturated carbocycles. The highest BCUT2D eigenvalue weighted by Gasteiger charge is 2.25. The van der Waals surface area contributed by atoms with E-state index < -0.39 is 0 Å². The Hall–Kier alpha value is -2.81. The smallest absolute Gasteiger partial charge is 0.346 e. The third-order valence-electron chi connectivity index (χ3n) is 4.63. The molecule has 1 aliphatic heterocycles. The van der Waals surface area contributed by atoms with Crippen LogP contribution in [0, 0.1) is 0 Å². The molecule has 9 heteroatoms. The van der Waals surface area contributed by atoms with E-state index in [9.17, 15) is 9.59 Å². The Balaban J connectivity index is 1.77. The van der Waals surface area contributed by atoms with Crippen LogP contribution in [0.4, 0.5) is 0 Å². The molecule has 1 aromatic heterocycles. The second kappa shape index (κ2) is 8.26. The van der Waals surface area contributed by atoms with Crippen LogP contribution in [0.3, 0.4) is 0 Å². The number of carbonyl (C=O) groups is 1. The second-order valence-corrected chi connectivity index (χ2v) is 6.17. The molecule has 146 valence electrons. The molecule has 9 nitrogen and oxygen atoms in total. The van der Waals surface area contributed by atoms with E-state index in [0.29, 0.717) is 62.1 Å². The van der Waals surface area contributed by atoms with E-state index in [-0.39, 0.29) is 11.6 Å². The van der Waals surface area contributed by atoms with Crippen molar-refractivity contribution in [2.24, 2.45) is 0 Å². The lowest BCUT2D eigenvalue weighted by Crippen LogP contribution is -2.35. The zero-order chi connectivity index (χ0) is 19.4. The molecule has 1 aliphatic rings. The number of fused-ring (bicyclic) bond motifs is 1. The summed E-state index contributed by atoms with van der Waals surface area (Å²) in [6, 6.07) is 5.11. The number of benzene rings is 1. The van der Waals surface area contributed by atoms with Gasteiger partial charge in [0.1, 0.15) is 17.3 Å². The quantitative estimate of drug-likeness (QED) is 0.726. The number of carbonyl (C=O) groups excluding carboxylic acids is 1. The van der Waals surface area contributed by atoms with E-state index in [0.717, 1.165) is 0 Å². The van der Waals surface area contributed by atoms with Gasteiger partial charge in [0.2, 0.25) is 0 Å². The van der Waals surface area contributed by atoms with Crippen molar-refractivity contribution >= 4 is 5.91 Å². The number of amides is 1. The minimum Gasteiger partial charge on any atom is -0.497 e. The van der Waals surface area contributed by atoms with Crippen molar-refractivity contribution in [3.05, 3.63) is 40.1 Å². The number of hydrogen-bond donors (Lipinski definition) is 0. The van der Waals surface area contributed by atoms with Crippen molar-refractivity contribution < 1.29 is 19.0 Å². The summed E-state index contributed by atoms with van der Waals surface area (Å²) in [6.45, 7) is 2.16. The first kappa shape index (κ1) is 19.0. The Labute approximate surface area is 157 Å². The molecule has 1 amide bonds. The van der Waals surface area contributed by atoms with E-state index in [2.05, 4.69) is 5.10 Å². The Morgan fingerprint density at radius 3 is 2.67 bits per heavy atom. The van der Waals surface area contributed by atoms with E-state index in [1.807, 2.05) is 0 Å². The lowest BCUT2D eigenvalue weighted by atomic mass is 10.1. The van der Waals surface area contributed by atoms with E-state index in [1.54, 1.807) is 41.9 Å². The highest BCUT2D eigenvalue weighted by atomic mass is 16.5. The first-order valence-corrected chi connectivity index (χ1v) is 8.75. The lowest BCUT2D eigenvalue weighted by Gasteiger charge is -2.21. The molecular weight excluding hydrogens is 352 g/mol. The molecule has 0 bridgehead atoms. The van der Waals surface area contributed by atoms with Crippen LogP contribution in [-0.2, 0) is 24.2 Å². The molecule has 2 heterocycles. The Morgan fingerprint density at radius 2 is 1.96 bits per heavy atom. The topological polar surface area (TPSA) is 87.8 Å². The molecular formula is C18H24N4O5. The molecule has 3 rings (SSSR count). The van der Waals surface area contributed by atoms with Gasteiger partial charge in [-0.25, -0.2) is 9.48 Å². The standard InChI is InChI=1S/C18H24N4O5/c1-25-11-10-22-18(24)21-9-8-20(7-6-16(21)19-22)17(23)14-5-4-13(26-2)12-15(14)27-3/h4-5,12H,6-11H2,1-3H3. The number of nitrogens with zero attached hydrogens (tertiary/aromatic N) is 4. The fourth-order valence-corrected chi connectivity index (χ4v) is 3.14. The number of methoxy groups -OCH3 is 3. The summed E-state index contributed by atoms with van der Waals surface area (Å²) in [5.41, 5.74) is 0.300. The van der Waals surface area contributed by atoms with Crippen LogP contribution in [0.15, 0.2) is 23.0 Å². The van der Waals surface area contributed by atoms with Crippen LogP contribution in [-0.4, -0.2) is 66.2 Å². The van der Waals surface area contributed by atoms with Gasteiger partial charge in [0.05, 0.1) is 32.9 Å². The predicted molar refractivity (Wildman–Crippen MR) is 97.5 cm³/mol. The third-order valence-corrected chi connectivity index (χ3v) is 4.63. The summed E-state index contributed by atoms with van der Waals surface area (Å²) in [7, 11) is 4.67. The SMILES string of the molecule is COCCn1nc2n(c1=O)CCN(C(=O)c1ccc(OC)cc1OC)CC2. The zero-order valence-electron chi connectivity index (χ0n) is 15.8. The van der Waals surface area contributed by atoms with Crippen molar-refractivity contribution in [1.82, 2.24) is 19.2 Å². The van der Waals surface area contributed by atoms with Crippen LogP contribution in [0.1, 0.15) is 16.2 Å². The van der Waals surface area contributed by atoms with Gasteiger partial charge in [-0.1, -0.05) is 0 Å². The monoisotopic (exact) mass is 376 g/mol. The molecule has 0 saturated heterocycles. The Morgan fingerprint density at radius 1 is 1.15 bits per heavy atom. The summed E-state index contributed by atoms with van der Waals surface area (Å²) in [6.07, 6.45) is 0.513. The second-order valence-electron chi connectivity index (χ2n) is 6.17. The van der Waals surface area contributed by atoms with Crippen LogP contribution in [0.25, 0.3) is 0 Å². The maximum atomic E-state index is 13.0. The minimum atomic E-state index is -0.168. The lowest BCUT2D eigenvalue weighted by molar-refractivity contribution is 0.0755. The molecule has 0 fully saturated rings. The molecule has 27 heavy (non-hydrogen) atoms. The fourth-order valence-electron chi connectivity index (χ4n) is 3.14. The molecule has 1 aromatic carbocycles. The molecule has 2 aromatic rings.